The molecule has 6 heteroatoms. The fraction of sp³-hybridized carbons (Fsp3) is 0.636. The van der Waals surface area contributed by atoms with E-state index in [0.29, 0.717) is 16.6 Å². The third-order valence-corrected chi connectivity index (χ3v) is 6.63. The first-order valence-electron chi connectivity index (χ1n) is 5.76. The van der Waals surface area contributed by atoms with Crippen molar-refractivity contribution in [3.05, 3.63) is 17.0 Å². The minimum absolute atomic E-state index is 0.172. The van der Waals surface area contributed by atoms with Gasteiger partial charge in [-0.2, -0.15) is 4.31 Å². The van der Waals surface area contributed by atoms with Crippen molar-refractivity contribution in [1.82, 2.24) is 4.31 Å². The van der Waals surface area contributed by atoms with Crippen LogP contribution in [-0.4, -0.2) is 31.2 Å². The van der Waals surface area contributed by atoms with Crippen molar-refractivity contribution in [3.63, 3.8) is 0 Å². The first-order valence-corrected chi connectivity index (χ1v) is 8.55. The minimum atomic E-state index is -3.32. The van der Waals surface area contributed by atoms with Crippen molar-refractivity contribution in [3.8, 4) is 0 Å². The molecule has 2 rings (SSSR count). The Bertz CT molecular complexity index is 479. The zero-order valence-corrected chi connectivity index (χ0v) is 12.1. The third-order valence-electron chi connectivity index (χ3n) is 2.81. The second-order valence-corrected chi connectivity index (χ2v) is 7.77. The van der Waals surface area contributed by atoms with Gasteiger partial charge in [0.05, 0.1) is 0 Å². The van der Waals surface area contributed by atoms with Crippen LogP contribution in [0.25, 0.3) is 0 Å². The molecule has 0 radical (unpaired) electrons. The van der Waals surface area contributed by atoms with Gasteiger partial charge in [-0.3, -0.25) is 0 Å². The highest BCUT2D eigenvalue weighted by atomic mass is 35.5. The number of alkyl halides is 1. The summed E-state index contributed by atoms with van der Waals surface area (Å²) in [5.41, 5.74) is 0. The van der Waals surface area contributed by atoms with Gasteiger partial charge in [-0.1, -0.05) is 6.92 Å². The van der Waals surface area contributed by atoms with Crippen molar-refractivity contribution in [2.45, 2.75) is 36.4 Å². The zero-order valence-electron chi connectivity index (χ0n) is 9.73. The van der Waals surface area contributed by atoms with Gasteiger partial charge in [0, 0.05) is 23.3 Å². The molecule has 3 nitrogen and oxygen atoms in total. The van der Waals surface area contributed by atoms with Crippen LogP contribution < -0.4 is 0 Å². The number of aryl methyl sites for hydroxylation is 1. The second kappa shape index (κ2) is 5.26. The average molecular weight is 294 g/mol. The molecule has 0 unspecified atom stereocenters. The first kappa shape index (κ1) is 13.3. The van der Waals surface area contributed by atoms with E-state index in [-0.39, 0.29) is 6.04 Å². The summed E-state index contributed by atoms with van der Waals surface area (Å²) in [6.45, 7) is 2.44. The Morgan fingerprint density at radius 2 is 2.18 bits per heavy atom. The van der Waals surface area contributed by atoms with E-state index in [9.17, 15) is 8.42 Å². The zero-order chi connectivity index (χ0) is 12.5. The highest BCUT2D eigenvalue weighted by Gasteiger charge is 2.38. The molecular formula is C11H16ClNO2S2. The molecule has 0 aliphatic heterocycles. The largest absolute Gasteiger partial charge is 0.252 e. The predicted octanol–water partition coefficient (Wildman–Crippen LogP) is 2.70. The number of sulfonamides is 1. The van der Waals surface area contributed by atoms with Crippen LogP contribution >= 0.6 is 22.9 Å². The third kappa shape index (κ3) is 2.84. The summed E-state index contributed by atoms with van der Waals surface area (Å²) in [7, 11) is -3.32. The van der Waals surface area contributed by atoms with Crippen LogP contribution in [0.3, 0.4) is 0 Å². The van der Waals surface area contributed by atoms with E-state index >= 15 is 0 Å². The Morgan fingerprint density at radius 3 is 2.65 bits per heavy atom. The van der Waals surface area contributed by atoms with E-state index in [2.05, 4.69) is 0 Å². The molecule has 17 heavy (non-hydrogen) atoms. The van der Waals surface area contributed by atoms with Crippen LogP contribution in [0.2, 0.25) is 0 Å². The van der Waals surface area contributed by atoms with Crippen LogP contribution in [0.5, 0.6) is 0 Å². The van der Waals surface area contributed by atoms with Gasteiger partial charge in [0.2, 0.25) is 0 Å². The lowest BCUT2D eigenvalue weighted by Gasteiger charge is -2.19. The van der Waals surface area contributed by atoms with Crippen molar-refractivity contribution < 1.29 is 8.42 Å². The fourth-order valence-electron chi connectivity index (χ4n) is 1.75. The minimum Gasteiger partial charge on any atom is -0.206 e. The average Bonchev–Trinajstić information content (AvgIpc) is 3.01. The van der Waals surface area contributed by atoms with Gasteiger partial charge in [-0.05, 0) is 31.4 Å². The van der Waals surface area contributed by atoms with Crippen molar-refractivity contribution in [1.29, 1.82) is 0 Å². The van der Waals surface area contributed by atoms with Gasteiger partial charge in [0.15, 0.2) is 0 Å². The molecule has 1 saturated carbocycles. The Morgan fingerprint density at radius 1 is 1.47 bits per heavy atom. The maximum absolute atomic E-state index is 12.4. The second-order valence-electron chi connectivity index (χ2n) is 4.11. The number of nitrogens with zero attached hydrogens (tertiary/aromatic N) is 1. The van der Waals surface area contributed by atoms with Gasteiger partial charge in [0.1, 0.15) is 4.21 Å². The summed E-state index contributed by atoms with van der Waals surface area (Å²) >= 11 is 7.06. The van der Waals surface area contributed by atoms with Gasteiger partial charge >= 0.3 is 0 Å². The molecule has 0 bridgehead atoms. The molecule has 1 aliphatic carbocycles. The molecule has 1 heterocycles. The van der Waals surface area contributed by atoms with E-state index < -0.39 is 10.0 Å². The molecule has 0 spiro atoms. The van der Waals surface area contributed by atoms with Gasteiger partial charge in [-0.25, -0.2) is 8.42 Å². The molecule has 0 atom stereocenters. The normalized spacial score (nSPS) is 16.6. The SMILES string of the molecule is CCc1ccc(S(=O)(=O)N(CCCl)C2CC2)s1. The summed E-state index contributed by atoms with van der Waals surface area (Å²) < 4.78 is 26.8. The number of thiophene rings is 1. The van der Waals surface area contributed by atoms with Crippen LogP contribution in [0.15, 0.2) is 16.3 Å². The summed E-state index contributed by atoms with van der Waals surface area (Å²) in [5.74, 6) is 0.349. The van der Waals surface area contributed by atoms with Crippen molar-refractivity contribution in [2.24, 2.45) is 0 Å². The standard InChI is InChI=1S/C11H16ClNO2S2/c1-2-10-5-6-11(16-10)17(14,15)13(8-7-12)9-3-4-9/h5-6,9H,2-4,7-8H2,1H3. The molecule has 0 N–H and O–H groups in total. The van der Waals surface area contributed by atoms with E-state index in [1.807, 2.05) is 13.0 Å². The fourth-order valence-corrected chi connectivity index (χ4v) is 5.14. The Kier molecular flexibility index (Phi) is 4.13. The molecule has 0 amide bonds. The lowest BCUT2D eigenvalue weighted by Crippen LogP contribution is -2.34. The maximum Gasteiger partial charge on any atom is 0.252 e. The molecule has 0 aromatic carbocycles. The quantitative estimate of drug-likeness (QED) is 0.756. The van der Waals surface area contributed by atoms with Crippen LogP contribution in [0, 0.1) is 0 Å². The van der Waals surface area contributed by atoms with Crippen LogP contribution in [0.4, 0.5) is 0 Å². The van der Waals surface area contributed by atoms with Crippen LogP contribution in [0.1, 0.15) is 24.6 Å². The summed E-state index contributed by atoms with van der Waals surface area (Å²) in [6, 6.07) is 3.78. The molecule has 1 aromatic rings. The maximum atomic E-state index is 12.4. The molecule has 0 saturated heterocycles. The summed E-state index contributed by atoms with van der Waals surface area (Å²) in [4.78, 5) is 1.10. The highest BCUT2D eigenvalue weighted by molar-refractivity contribution is 7.91. The predicted molar refractivity (Wildman–Crippen MR) is 71.3 cm³/mol. The Labute approximate surface area is 111 Å². The number of halogens is 1. The van der Waals surface area contributed by atoms with Crippen LogP contribution in [-0.2, 0) is 16.4 Å². The Hall–Kier alpha value is -0.100. The van der Waals surface area contributed by atoms with E-state index in [1.165, 1.54) is 11.3 Å². The number of rotatable bonds is 6. The van der Waals surface area contributed by atoms with Crippen molar-refractivity contribution >= 4 is 33.0 Å². The smallest absolute Gasteiger partial charge is 0.206 e. The molecule has 1 aliphatic rings. The van der Waals surface area contributed by atoms with Gasteiger partial charge in [0.25, 0.3) is 10.0 Å². The summed E-state index contributed by atoms with van der Waals surface area (Å²) in [6.07, 6.45) is 2.80. The Balaban J connectivity index is 2.26. The highest BCUT2D eigenvalue weighted by Crippen LogP contribution is 2.34. The lowest BCUT2D eigenvalue weighted by atomic mass is 10.4. The van der Waals surface area contributed by atoms with E-state index in [4.69, 9.17) is 11.6 Å². The summed E-state index contributed by atoms with van der Waals surface area (Å²) in [5, 5.41) is 0. The number of hydrogen-bond donors (Lipinski definition) is 0. The van der Waals surface area contributed by atoms with Crippen molar-refractivity contribution in [2.75, 3.05) is 12.4 Å². The van der Waals surface area contributed by atoms with E-state index in [1.54, 1.807) is 10.4 Å². The van der Waals surface area contributed by atoms with E-state index in [0.717, 1.165) is 24.1 Å². The molecule has 1 fully saturated rings. The number of hydrogen-bond acceptors (Lipinski definition) is 3. The molecule has 96 valence electrons. The first-order chi connectivity index (χ1) is 8.09. The monoisotopic (exact) mass is 293 g/mol. The van der Waals surface area contributed by atoms with Gasteiger partial charge in [-0.15, -0.1) is 22.9 Å². The lowest BCUT2D eigenvalue weighted by molar-refractivity contribution is 0.424. The van der Waals surface area contributed by atoms with Gasteiger partial charge < -0.3 is 0 Å². The molecule has 1 aromatic heterocycles. The molecular weight excluding hydrogens is 278 g/mol. The topological polar surface area (TPSA) is 37.4 Å².